The fourth-order valence-corrected chi connectivity index (χ4v) is 6.20. The van der Waals surface area contributed by atoms with Gasteiger partial charge in [0, 0.05) is 34.2 Å². The monoisotopic (exact) mass is 552 g/mol. The lowest BCUT2D eigenvalue weighted by Gasteiger charge is -2.17. The number of nitrogens with one attached hydrogen (secondary N) is 2. The van der Waals surface area contributed by atoms with Crippen molar-refractivity contribution in [3.05, 3.63) is 69.3 Å². The summed E-state index contributed by atoms with van der Waals surface area (Å²) in [5.74, 6) is -0.0293. The van der Waals surface area contributed by atoms with Gasteiger partial charge in [0.1, 0.15) is 11.9 Å². The van der Waals surface area contributed by atoms with Crippen LogP contribution in [0.2, 0.25) is 4.34 Å². The van der Waals surface area contributed by atoms with E-state index in [2.05, 4.69) is 14.4 Å². The van der Waals surface area contributed by atoms with E-state index in [9.17, 15) is 21.6 Å². The molecule has 35 heavy (non-hydrogen) atoms. The van der Waals surface area contributed by atoms with Gasteiger partial charge in [-0.3, -0.25) is 14.4 Å². The van der Waals surface area contributed by atoms with Crippen LogP contribution in [0.3, 0.4) is 0 Å². The van der Waals surface area contributed by atoms with Crippen LogP contribution in [0, 0.1) is 0 Å². The Balaban J connectivity index is 1.46. The van der Waals surface area contributed by atoms with Gasteiger partial charge in [-0.05, 0) is 42.8 Å². The van der Waals surface area contributed by atoms with Crippen LogP contribution in [0.1, 0.15) is 11.3 Å². The minimum atomic E-state index is -3.85. The fourth-order valence-electron chi connectivity index (χ4n) is 3.56. The van der Waals surface area contributed by atoms with E-state index >= 15 is 0 Å². The summed E-state index contributed by atoms with van der Waals surface area (Å²) in [6.45, 7) is 0.300. The van der Waals surface area contributed by atoms with E-state index in [1.54, 1.807) is 48.5 Å². The minimum Gasteiger partial charge on any atom is -0.295 e. The third-order valence-electron chi connectivity index (χ3n) is 5.08. The second-order valence-electron chi connectivity index (χ2n) is 7.76. The molecule has 1 saturated heterocycles. The molecule has 3 heterocycles. The Morgan fingerprint density at radius 1 is 1.11 bits per heavy atom. The molecule has 4 rings (SSSR count). The van der Waals surface area contributed by atoms with Gasteiger partial charge in [0.05, 0.1) is 16.3 Å². The Labute approximate surface area is 212 Å². The fraction of sp³-hybridized carbons (Fsp3) is 0.182. The predicted octanol–water partition coefficient (Wildman–Crippen LogP) is 3.53. The average molecular weight is 553 g/mol. The van der Waals surface area contributed by atoms with Gasteiger partial charge in [0.25, 0.3) is 0 Å². The number of nitrogens with zero attached hydrogens (tertiary/aromatic N) is 2. The zero-order valence-corrected chi connectivity index (χ0v) is 21.6. The number of para-hydroxylation sites is 1. The molecule has 1 aliphatic rings. The molecule has 1 atom stereocenters. The van der Waals surface area contributed by atoms with Crippen molar-refractivity contribution < 1.29 is 21.6 Å². The number of carbonyl (C=O) groups is 1. The van der Waals surface area contributed by atoms with E-state index < -0.39 is 32.0 Å². The largest absolute Gasteiger partial charge is 0.295 e. The number of carbonyl (C=O) groups excluding carboxylic acids is 1. The quantitative estimate of drug-likeness (QED) is 0.440. The molecule has 0 saturated carbocycles. The number of benzene rings is 1. The van der Waals surface area contributed by atoms with Crippen molar-refractivity contribution in [2.75, 3.05) is 22.4 Å². The topological polar surface area (TPSA) is 126 Å². The van der Waals surface area contributed by atoms with Gasteiger partial charge in [-0.1, -0.05) is 29.8 Å². The standard InChI is InChI=1S/C22H21ClN4O5S3/c1-34(29,30)25-18-5-3-2-4-17(18)15-6-9-21(24-14-15)27-12-10-19(22(27)28)26-35(31,32)13-11-16-7-8-20(23)33-16/h2-9,11,13-14,19,25-26H,10,12H2,1H3/b13-11+/t19-/m0/s1. The molecule has 1 aliphatic heterocycles. The van der Waals surface area contributed by atoms with Crippen LogP contribution in [0.4, 0.5) is 11.5 Å². The summed E-state index contributed by atoms with van der Waals surface area (Å²) in [5.41, 5.74) is 1.70. The Bertz CT molecular complexity index is 1490. The van der Waals surface area contributed by atoms with Crippen molar-refractivity contribution in [3.8, 4) is 11.1 Å². The van der Waals surface area contributed by atoms with Crippen LogP contribution in [-0.2, 0) is 24.8 Å². The van der Waals surface area contributed by atoms with E-state index in [0.717, 1.165) is 11.7 Å². The van der Waals surface area contributed by atoms with Crippen molar-refractivity contribution in [1.82, 2.24) is 9.71 Å². The van der Waals surface area contributed by atoms with Gasteiger partial charge in [0.2, 0.25) is 26.0 Å². The highest BCUT2D eigenvalue weighted by atomic mass is 35.5. The molecule has 9 nitrogen and oxygen atoms in total. The van der Waals surface area contributed by atoms with Gasteiger partial charge in [-0.2, -0.15) is 4.72 Å². The first kappa shape index (κ1) is 25.3. The number of hydrogen-bond acceptors (Lipinski definition) is 7. The summed E-state index contributed by atoms with van der Waals surface area (Å²) in [7, 11) is -7.31. The molecule has 1 amide bonds. The number of anilines is 2. The number of rotatable bonds is 8. The highest BCUT2D eigenvalue weighted by molar-refractivity contribution is 7.92. The van der Waals surface area contributed by atoms with Crippen LogP contribution < -0.4 is 14.3 Å². The zero-order valence-electron chi connectivity index (χ0n) is 18.4. The Morgan fingerprint density at radius 2 is 1.89 bits per heavy atom. The lowest BCUT2D eigenvalue weighted by molar-refractivity contribution is -0.118. The molecule has 1 fully saturated rings. The van der Waals surface area contributed by atoms with Crippen molar-refractivity contribution in [3.63, 3.8) is 0 Å². The van der Waals surface area contributed by atoms with Crippen molar-refractivity contribution >= 4 is 66.5 Å². The maximum Gasteiger partial charge on any atom is 0.246 e. The molecule has 184 valence electrons. The smallest absolute Gasteiger partial charge is 0.246 e. The summed E-state index contributed by atoms with van der Waals surface area (Å²) >= 11 is 7.10. The summed E-state index contributed by atoms with van der Waals surface area (Å²) in [5, 5.41) is 1.01. The van der Waals surface area contributed by atoms with Crippen molar-refractivity contribution in [1.29, 1.82) is 0 Å². The number of hydrogen-bond donors (Lipinski definition) is 2. The van der Waals surface area contributed by atoms with Crippen LogP contribution >= 0.6 is 22.9 Å². The van der Waals surface area contributed by atoms with Crippen LogP contribution in [-0.4, -0.2) is 46.6 Å². The Morgan fingerprint density at radius 3 is 2.54 bits per heavy atom. The summed E-state index contributed by atoms with van der Waals surface area (Å²) < 4.78 is 53.6. The molecule has 2 N–H and O–H groups in total. The second-order valence-corrected chi connectivity index (χ2v) is 12.9. The minimum absolute atomic E-state index is 0.293. The number of pyridine rings is 1. The van der Waals surface area contributed by atoms with Gasteiger partial charge >= 0.3 is 0 Å². The predicted molar refractivity (Wildman–Crippen MR) is 139 cm³/mol. The number of halogens is 1. The summed E-state index contributed by atoms with van der Waals surface area (Å²) in [6, 6.07) is 12.7. The normalized spacial score (nSPS) is 16.8. The molecule has 1 aromatic carbocycles. The molecule has 0 radical (unpaired) electrons. The highest BCUT2D eigenvalue weighted by Gasteiger charge is 2.35. The number of amides is 1. The van der Waals surface area contributed by atoms with E-state index in [1.165, 1.54) is 28.5 Å². The molecular formula is C22H21ClN4O5S3. The van der Waals surface area contributed by atoms with E-state index in [-0.39, 0.29) is 0 Å². The van der Waals surface area contributed by atoms with E-state index in [4.69, 9.17) is 11.6 Å². The van der Waals surface area contributed by atoms with Gasteiger partial charge in [-0.15, -0.1) is 11.3 Å². The second kappa shape index (κ2) is 10.1. The average Bonchev–Trinajstić information content (AvgIpc) is 3.37. The van der Waals surface area contributed by atoms with Gasteiger partial charge < -0.3 is 0 Å². The number of aromatic nitrogens is 1. The first-order valence-electron chi connectivity index (χ1n) is 10.3. The first-order chi connectivity index (χ1) is 16.5. The van der Waals surface area contributed by atoms with E-state index in [1.807, 2.05) is 0 Å². The Hall–Kier alpha value is -2.77. The maximum absolute atomic E-state index is 12.9. The molecule has 13 heteroatoms. The molecule has 3 aromatic rings. The summed E-state index contributed by atoms with van der Waals surface area (Å²) in [6.07, 6.45) is 4.33. The number of sulfonamides is 2. The number of thiophene rings is 1. The lowest BCUT2D eigenvalue weighted by atomic mass is 10.1. The zero-order chi connectivity index (χ0) is 25.2. The van der Waals surface area contributed by atoms with Gasteiger partial charge in [-0.25, -0.2) is 21.8 Å². The third kappa shape index (κ3) is 6.47. The van der Waals surface area contributed by atoms with Crippen LogP contribution in [0.15, 0.2) is 60.1 Å². The van der Waals surface area contributed by atoms with E-state index in [0.29, 0.717) is 44.8 Å². The molecule has 0 aliphatic carbocycles. The lowest BCUT2D eigenvalue weighted by Crippen LogP contribution is -2.40. The third-order valence-corrected chi connectivity index (χ3v) is 7.97. The molecular weight excluding hydrogens is 532 g/mol. The first-order valence-corrected chi connectivity index (χ1v) is 14.9. The summed E-state index contributed by atoms with van der Waals surface area (Å²) in [4.78, 5) is 19.3. The van der Waals surface area contributed by atoms with Crippen molar-refractivity contribution in [2.45, 2.75) is 12.5 Å². The molecule has 0 unspecified atom stereocenters. The molecule has 2 aromatic heterocycles. The van der Waals surface area contributed by atoms with Crippen molar-refractivity contribution in [2.24, 2.45) is 0 Å². The van der Waals surface area contributed by atoms with Gasteiger partial charge in [0.15, 0.2) is 0 Å². The SMILES string of the molecule is CS(=O)(=O)Nc1ccccc1-c1ccc(N2CC[C@H](NS(=O)(=O)/C=C/c3ccc(Cl)s3)C2=O)nc1. The van der Waals surface area contributed by atoms with Crippen LogP contribution in [0.5, 0.6) is 0 Å². The Kier molecular flexibility index (Phi) is 7.29. The maximum atomic E-state index is 12.9. The van der Waals surface area contributed by atoms with Crippen LogP contribution in [0.25, 0.3) is 17.2 Å². The molecule has 0 bridgehead atoms. The highest BCUT2D eigenvalue weighted by Crippen LogP contribution is 2.30. The molecule has 0 spiro atoms.